The van der Waals surface area contributed by atoms with Gasteiger partial charge in [-0.3, -0.25) is 46.5 Å². The maximum absolute atomic E-state index is 13.7. The zero-order valence-corrected chi connectivity index (χ0v) is 47.5. The van der Waals surface area contributed by atoms with Crippen LogP contribution in [-0.4, -0.2) is 126 Å². The molecule has 444 valence electrons. The van der Waals surface area contributed by atoms with E-state index in [-0.39, 0.29) is 45.5 Å². The van der Waals surface area contributed by atoms with E-state index in [0.29, 0.717) is 48.5 Å². The van der Waals surface area contributed by atoms with Gasteiger partial charge in [0.1, 0.15) is 32.6 Å². The van der Waals surface area contributed by atoms with Gasteiger partial charge >= 0.3 is 6.03 Å². The zero-order valence-electron chi connectivity index (χ0n) is 42.6. The van der Waals surface area contributed by atoms with E-state index >= 15 is 0 Å². The minimum atomic E-state index is -5.37. The van der Waals surface area contributed by atoms with Crippen LogP contribution in [0.3, 0.4) is 0 Å². The molecule has 33 nitrogen and oxygen atoms in total. The van der Waals surface area contributed by atoms with E-state index in [9.17, 15) is 102 Å². The molecule has 0 atom stereocenters. The van der Waals surface area contributed by atoms with Gasteiger partial charge in [0.25, 0.3) is 84.3 Å². The van der Waals surface area contributed by atoms with Crippen LogP contribution in [-0.2, 0) is 88.9 Å². The van der Waals surface area contributed by atoms with Gasteiger partial charge < -0.3 is 50.2 Å². The van der Waals surface area contributed by atoms with E-state index in [1.165, 1.54) is 83.4 Å². The lowest BCUT2D eigenvalue weighted by Crippen LogP contribution is -2.18. The molecule has 84 heavy (non-hydrogen) atoms. The molecule has 6 amide bonds. The molecule has 4 aromatic carbocycles. The SMILES string of the molecule is Cn1cc(NC(=O)Nc2cc(C(=O)Nc3cc(C(=O)Nc4cc(S(=O)(=O)O)cc5cc(S(=O)(=O)O)cc(S(=O)(=O)O)c45)n(C)c3)n(C)c2)cc1C(=O)Nc1cc(C(=O)Nc2cc(S(=O)(=O)O)cc3cc(S(=O)(=O)O)cc(S(=O)(=O)O)c23)n(C)c1. The number of anilines is 6. The highest BCUT2D eigenvalue weighted by molar-refractivity contribution is 7.87. The van der Waals surface area contributed by atoms with E-state index in [4.69, 9.17) is 0 Å². The molecule has 4 aromatic heterocycles. The molecule has 0 fully saturated rings. The Morgan fingerprint density at radius 3 is 0.810 bits per heavy atom. The topological polar surface area (TPSA) is 503 Å². The number of nitrogens with zero attached hydrogens (tertiary/aromatic N) is 4. The lowest BCUT2D eigenvalue weighted by molar-refractivity contribution is 0.101. The fraction of sp³-hybridized carbons (Fsp3) is 0.0889. The van der Waals surface area contributed by atoms with Crippen molar-refractivity contribution in [3.05, 3.63) is 120 Å². The molecule has 0 bridgehead atoms. The lowest BCUT2D eigenvalue weighted by atomic mass is 10.1. The van der Waals surface area contributed by atoms with E-state index in [1.54, 1.807) is 0 Å². The summed E-state index contributed by atoms with van der Waals surface area (Å²) in [6.07, 6.45) is 5.21. The maximum atomic E-state index is 13.7. The Morgan fingerprint density at radius 2 is 0.560 bits per heavy atom. The lowest BCUT2D eigenvalue weighted by Gasteiger charge is -2.14. The Balaban J connectivity index is 0.932. The molecular weight excluding hydrogens is 1240 g/mol. The third-order valence-corrected chi connectivity index (χ3v) is 17.2. The van der Waals surface area contributed by atoms with Crippen molar-refractivity contribution in [2.24, 2.45) is 28.2 Å². The molecular formula is C45H40N10O23S6. The average Bonchev–Trinajstić information content (AvgIpc) is 1.24. The van der Waals surface area contributed by atoms with Crippen LogP contribution in [0.5, 0.6) is 0 Å². The van der Waals surface area contributed by atoms with Gasteiger partial charge in [-0.2, -0.15) is 50.5 Å². The quantitative estimate of drug-likeness (QED) is 0.0616. The van der Waals surface area contributed by atoms with Crippen LogP contribution < -0.4 is 31.9 Å². The van der Waals surface area contributed by atoms with Crippen LogP contribution in [0, 0.1) is 0 Å². The molecule has 0 aliphatic carbocycles. The van der Waals surface area contributed by atoms with Crippen molar-refractivity contribution in [1.82, 2.24) is 18.3 Å². The Kier molecular flexibility index (Phi) is 15.6. The second-order valence-electron chi connectivity index (χ2n) is 18.1. The summed E-state index contributed by atoms with van der Waals surface area (Å²) in [5, 5.41) is 12.2. The van der Waals surface area contributed by atoms with Crippen molar-refractivity contribution in [3.63, 3.8) is 0 Å². The highest BCUT2D eigenvalue weighted by Crippen LogP contribution is 2.38. The zero-order chi connectivity index (χ0) is 62.3. The largest absolute Gasteiger partial charge is 0.344 e. The molecule has 12 N–H and O–H groups in total. The van der Waals surface area contributed by atoms with E-state index in [2.05, 4.69) is 31.9 Å². The van der Waals surface area contributed by atoms with Gasteiger partial charge in [0.2, 0.25) is 0 Å². The van der Waals surface area contributed by atoms with E-state index in [1.807, 2.05) is 0 Å². The van der Waals surface area contributed by atoms with Gasteiger partial charge in [-0.05, 0) is 83.6 Å². The number of urea groups is 1. The van der Waals surface area contributed by atoms with Crippen LogP contribution >= 0.6 is 0 Å². The third kappa shape index (κ3) is 13.0. The maximum Gasteiger partial charge on any atom is 0.323 e. The van der Waals surface area contributed by atoms with Crippen LogP contribution in [0.15, 0.2) is 127 Å². The molecule has 0 saturated carbocycles. The van der Waals surface area contributed by atoms with Crippen molar-refractivity contribution < 1.29 is 102 Å². The first-order chi connectivity index (χ1) is 38.6. The Labute approximate surface area is 473 Å². The number of rotatable bonds is 16. The fourth-order valence-corrected chi connectivity index (χ4v) is 12.4. The summed E-state index contributed by atoms with van der Waals surface area (Å²) in [6.45, 7) is 0. The van der Waals surface area contributed by atoms with Crippen LogP contribution in [0.1, 0.15) is 42.0 Å². The number of amides is 6. The summed E-state index contributed by atoms with van der Waals surface area (Å²) >= 11 is 0. The standard InChI is InChI=1S/C45H40N10O23S6/c1-52-17-23(9-35(52)43(58)50-31-13-27(79(61,62)63)5-21-7-29(81(67,68)69)15-37(39(21)31)83(73,74)75)46-41(56)33-11-25(19-54(33)3)48-45(60)49-26-12-34(55(4)20-26)42(57)47-24-10-36(53(2)18-24)44(59)51-32-14-28(80(64,65)66)6-22-8-30(82(70,71)72)16-38(40(22)32)84(76,77)78/h5-20H,1-4H3,(H,46,56)(H,47,57)(H,50,58)(H,51,59)(H2,48,49,60)(H,61,62,63)(H,64,65,66)(H,67,68,69)(H,70,71,72)(H,73,74,75)(H,76,77,78). The second-order valence-corrected chi connectivity index (χ2v) is 26.6. The molecule has 8 aromatic rings. The van der Waals surface area contributed by atoms with Crippen LogP contribution in [0.25, 0.3) is 21.5 Å². The Bertz CT molecular complexity index is 4630. The minimum absolute atomic E-state index is 0.0191. The van der Waals surface area contributed by atoms with Gasteiger partial charge in [-0.15, -0.1) is 0 Å². The number of hydrogen-bond acceptors (Lipinski definition) is 17. The van der Waals surface area contributed by atoms with Crippen molar-refractivity contribution in [2.45, 2.75) is 29.4 Å². The van der Waals surface area contributed by atoms with Gasteiger partial charge in [0.05, 0.1) is 53.7 Å². The van der Waals surface area contributed by atoms with E-state index < -0.39 is 153 Å². The van der Waals surface area contributed by atoms with Crippen LogP contribution in [0.2, 0.25) is 0 Å². The van der Waals surface area contributed by atoms with Gasteiger partial charge in [0, 0.05) is 63.8 Å². The van der Waals surface area contributed by atoms with Crippen molar-refractivity contribution in [3.8, 4) is 0 Å². The van der Waals surface area contributed by atoms with Crippen molar-refractivity contribution in [1.29, 1.82) is 0 Å². The van der Waals surface area contributed by atoms with Crippen molar-refractivity contribution in [2.75, 3.05) is 31.9 Å². The molecule has 8 rings (SSSR count). The summed E-state index contributed by atoms with van der Waals surface area (Å²) in [5.41, 5.74) is -1.90. The average molecular weight is 1280 g/mol. The number of nitrogens with one attached hydrogen (secondary N) is 6. The monoisotopic (exact) mass is 1280 g/mol. The molecule has 0 aliphatic heterocycles. The Hall–Kier alpha value is -8.87. The molecule has 0 radical (unpaired) electrons. The van der Waals surface area contributed by atoms with E-state index in [0.717, 1.165) is 12.1 Å². The summed E-state index contributed by atoms with van der Waals surface area (Å²) in [4.78, 5) is 61.0. The summed E-state index contributed by atoms with van der Waals surface area (Å²) < 4.78 is 210. The fourth-order valence-electron chi connectivity index (χ4n) is 8.53. The molecule has 0 spiro atoms. The number of hydrogen-bond donors (Lipinski definition) is 12. The summed E-state index contributed by atoms with van der Waals surface area (Å²) in [6, 6.07) is 8.31. The molecule has 0 saturated heterocycles. The highest BCUT2D eigenvalue weighted by Gasteiger charge is 2.29. The summed E-state index contributed by atoms with van der Waals surface area (Å²) in [5.74, 6) is -3.78. The van der Waals surface area contributed by atoms with Crippen molar-refractivity contribution >= 4 is 146 Å². The number of carbonyl (C=O) groups excluding carboxylic acids is 5. The number of carbonyl (C=O) groups is 5. The first-order valence-corrected chi connectivity index (χ1v) is 31.3. The van der Waals surface area contributed by atoms with Gasteiger partial charge in [-0.1, -0.05) is 0 Å². The molecule has 4 heterocycles. The molecule has 39 heteroatoms. The number of fused-ring (bicyclic) bond motifs is 2. The summed E-state index contributed by atoms with van der Waals surface area (Å²) in [7, 11) is -25.8. The number of benzene rings is 4. The molecule has 0 aliphatic rings. The minimum Gasteiger partial charge on any atom is -0.344 e. The smallest absolute Gasteiger partial charge is 0.323 e. The first kappa shape index (κ1) is 61.2. The first-order valence-electron chi connectivity index (χ1n) is 22.6. The number of aromatic nitrogens is 4. The van der Waals surface area contributed by atoms with Gasteiger partial charge in [0.15, 0.2) is 0 Å². The highest BCUT2D eigenvalue weighted by atomic mass is 32.2. The molecule has 0 unspecified atom stereocenters. The van der Waals surface area contributed by atoms with Crippen LogP contribution in [0.4, 0.5) is 38.9 Å². The Morgan fingerprint density at radius 1 is 0.321 bits per heavy atom. The predicted molar refractivity (Wildman–Crippen MR) is 293 cm³/mol. The second kappa shape index (κ2) is 21.4. The van der Waals surface area contributed by atoms with Gasteiger partial charge in [-0.25, -0.2) is 4.79 Å². The normalized spacial score (nSPS) is 12.5. The third-order valence-electron chi connectivity index (χ3n) is 12.1. The number of aryl methyl sites for hydroxylation is 4. The predicted octanol–water partition coefficient (Wildman–Crippen LogP) is 3.48.